The van der Waals surface area contributed by atoms with Crippen molar-refractivity contribution in [2.24, 2.45) is 0 Å². The molecule has 5 nitrogen and oxygen atoms in total. The predicted octanol–water partition coefficient (Wildman–Crippen LogP) is 1.80. The minimum absolute atomic E-state index is 0.00734. The third-order valence-electron chi connectivity index (χ3n) is 2.71. The molecule has 0 aliphatic heterocycles. The van der Waals surface area contributed by atoms with Crippen LogP contribution in [0, 0.1) is 11.3 Å². The summed E-state index contributed by atoms with van der Waals surface area (Å²) in [6.07, 6.45) is 4.07. The second-order valence-electron chi connectivity index (χ2n) is 4.05. The van der Waals surface area contributed by atoms with Crippen LogP contribution in [0.25, 0.3) is 5.52 Å². The third kappa shape index (κ3) is 3.26. The van der Waals surface area contributed by atoms with Gasteiger partial charge in [-0.1, -0.05) is 17.8 Å². The molecule has 0 saturated heterocycles. The van der Waals surface area contributed by atoms with Crippen molar-refractivity contribution in [2.45, 2.75) is 11.6 Å². The van der Waals surface area contributed by atoms with Gasteiger partial charge < -0.3 is 4.90 Å². The number of carbonyl (C=O) groups is 1. The van der Waals surface area contributed by atoms with Gasteiger partial charge in [0.1, 0.15) is 0 Å². The van der Waals surface area contributed by atoms with E-state index in [1.165, 1.54) is 11.8 Å². The van der Waals surface area contributed by atoms with E-state index in [2.05, 4.69) is 4.98 Å². The number of aromatic nitrogens is 2. The van der Waals surface area contributed by atoms with Crippen LogP contribution in [0.1, 0.15) is 6.42 Å². The molecular weight excluding hydrogens is 260 g/mol. The first-order valence-electron chi connectivity index (χ1n) is 5.88. The maximum absolute atomic E-state index is 11.8. The van der Waals surface area contributed by atoms with Gasteiger partial charge >= 0.3 is 0 Å². The normalized spacial score (nSPS) is 10.3. The number of amides is 1. The fourth-order valence-corrected chi connectivity index (χ4v) is 2.51. The Balaban J connectivity index is 1.95. The van der Waals surface area contributed by atoms with Crippen LogP contribution in [0.2, 0.25) is 0 Å². The number of pyridine rings is 1. The topological polar surface area (TPSA) is 61.4 Å². The van der Waals surface area contributed by atoms with E-state index in [-0.39, 0.29) is 5.91 Å². The Bertz CT molecular complexity index is 616. The van der Waals surface area contributed by atoms with Crippen LogP contribution in [-0.2, 0) is 4.79 Å². The fourth-order valence-electron chi connectivity index (χ4n) is 1.60. The highest BCUT2D eigenvalue weighted by molar-refractivity contribution is 7.99. The highest BCUT2D eigenvalue weighted by Gasteiger charge is 2.11. The largest absolute Gasteiger partial charge is 0.344 e. The molecule has 0 unspecified atom stereocenters. The number of fused-ring (bicyclic) bond motifs is 1. The Morgan fingerprint density at radius 3 is 3.21 bits per heavy atom. The van der Waals surface area contributed by atoms with Crippen molar-refractivity contribution < 1.29 is 4.79 Å². The molecule has 0 aliphatic carbocycles. The van der Waals surface area contributed by atoms with Crippen molar-refractivity contribution in [3.8, 4) is 6.07 Å². The summed E-state index contributed by atoms with van der Waals surface area (Å²) in [5.74, 6) is 0.337. The van der Waals surface area contributed by atoms with Gasteiger partial charge in [0, 0.05) is 19.8 Å². The summed E-state index contributed by atoms with van der Waals surface area (Å²) in [5.41, 5.74) is 1.01. The molecule has 6 heteroatoms. The number of thioether (sulfide) groups is 1. The molecule has 0 atom stereocenters. The average molecular weight is 274 g/mol. The van der Waals surface area contributed by atoms with Crippen molar-refractivity contribution in [2.75, 3.05) is 19.3 Å². The van der Waals surface area contributed by atoms with Crippen LogP contribution in [0.4, 0.5) is 0 Å². The lowest BCUT2D eigenvalue weighted by Crippen LogP contribution is -2.29. The number of hydrogen-bond acceptors (Lipinski definition) is 4. The molecule has 0 N–H and O–H groups in total. The molecule has 98 valence electrons. The maximum atomic E-state index is 11.8. The molecule has 0 spiro atoms. The fraction of sp³-hybridized carbons (Fsp3) is 0.308. The Kier molecular flexibility index (Phi) is 4.42. The Labute approximate surface area is 115 Å². The monoisotopic (exact) mass is 274 g/mol. The van der Waals surface area contributed by atoms with Gasteiger partial charge in [0.15, 0.2) is 5.16 Å². The zero-order chi connectivity index (χ0) is 13.7. The molecule has 2 aromatic heterocycles. The second kappa shape index (κ2) is 6.25. The molecule has 0 bridgehead atoms. The number of imidazole rings is 1. The van der Waals surface area contributed by atoms with Crippen molar-refractivity contribution in [3.05, 3.63) is 30.6 Å². The summed E-state index contributed by atoms with van der Waals surface area (Å²) < 4.78 is 1.95. The lowest BCUT2D eigenvalue weighted by atomic mass is 10.4. The summed E-state index contributed by atoms with van der Waals surface area (Å²) in [6.45, 7) is 0.470. The summed E-state index contributed by atoms with van der Waals surface area (Å²) >= 11 is 1.40. The Morgan fingerprint density at radius 1 is 1.58 bits per heavy atom. The molecule has 2 aromatic rings. The lowest BCUT2D eigenvalue weighted by Gasteiger charge is -2.14. The molecule has 2 heterocycles. The molecular formula is C13H14N4OS. The molecule has 1 amide bonds. The number of nitrogens with zero attached hydrogens (tertiary/aromatic N) is 4. The zero-order valence-electron chi connectivity index (χ0n) is 10.6. The summed E-state index contributed by atoms with van der Waals surface area (Å²) in [6, 6.07) is 7.88. The second-order valence-corrected chi connectivity index (χ2v) is 4.99. The molecule has 0 aromatic carbocycles. The third-order valence-corrected chi connectivity index (χ3v) is 3.67. The molecule has 2 rings (SSSR count). The van der Waals surface area contributed by atoms with E-state index in [4.69, 9.17) is 5.26 Å². The van der Waals surface area contributed by atoms with Gasteiger partial charge in [-0.15, -0.1) is 0 Å². The van der Waals surface area contributed by atoms with Crippen molar-refractivity contribution in [1.82, 2.24) is 14.3 Å². The van der Waals surface area contributed by atoms with E-state index in [1.54, 1.807) is 18.1 Å². The molecule has 0 saturated carbocycles. The number of carbonyl (C=O) groups excluding carboxylic acids is 1. The first-order valence-corrected chi connectivity index (χ1v) is 6.86. The maximum Gasteiger partial charge on any atom is 0.232 e. The molecule has 19 heavy (non-hydrogen) atoms. The number of rotatable bonds is 5. The Hall–Kier alpha value is -2.00. The van der Waals surface area contributed by atoms with Crippen LogP contribution in [-0.4, -0.2) is 39.5 Å². The van der Waals surface area contributed by atoms with E-state index in [9.17, 15) is 4.79 Å². The molecule has 0 radical (unpaired) electrons. The SMILES string of the molecule is CN(CCC#N)C(=O)CSc1ncc2ccccn12. The van der Waals surface area contributed by atoms with E-state index < -0.39 is 0 Å². The van der Waals surface area contributed by atoms with Gasteiger partial charge in [0.05, 0.1) is 30.0 Å². The van der Waals surface area contributed by atoms with Crippen LogP contribution >= 0.6 is 11.8 Å². The van der Waals surface area contributed by atoms with Crippen LogP contribution < -0.4 is 0 Å². The van der Waals surface area contributed by atoms with E-state index in [1.807, 2.05) is 34.9 Å². The Morgan fingerprint density at radius 2 is 2.42 bits per heavy atom. The predicted molar refractivity (Wildman–Crippen MR) is 73.8 cm³/mol. The minimum atomic E-state index is 0.00734. The summed E-state index contributed by atoms with van der Waals surface area (Å²) in [4.78, 5) is 17.7. The van der Waals surface area contributed by atoms with Crippen LogP contribution in [0.5, 0.6) is 0 Å². The van der Waals surface area contributed by atoms with Crippen molar-refractivity contribution in [3.63, 3.8) is 0 Å². The van der Waals surface area contributed by atoms with Gasteiger partial charge in [-0.2, -0.15) is 5.26 Å². The van der Waals surface area contributed by atoms with Gasteiger partial charge in [-0.25, -0.2) is 4.98 Å². The number of nitriles is 1. The molecule has 0 fully saturated rings. The van der Waals surface area contributed by atoms with Gasteiger partial charge in [0.2, 0.25) is 5.91 Å². The summed E-state index contributed by atoms with van der Waals surface area (Å²) in [5, 5.41) is 9.29. The first-order chi connectivity index (χ1) is 9.22. The summed E-state index contributed by atoms with van der Waals surface area (Å²) in [7, 11) is 1.71. The van der Waals surface area contributed by atoms with Crippen molar-refractivity contribution >= 4 is 23.2 Å². The standard InChI is InChI=1S/C13H14N4OS/c1-16(7-4-6-14)12(18)10-19-13-15-9-11-5-2-3-8-17(11)13/h2-3,5,8-9H,4,7,10H2,1H3. The lowest BCUT2D eigenvalue weighted by molar-refractivity contribution is -0.127. The van der Waals surface area contributed by atoms with Gasteiger partial charge in [0.25, 0.3) is 0 Å². The zero-order valence-corrected chi connectivity index (χ0v) is 11.4. The smallest absolute Gasteiger partial charge is 0.232 e. The van der Waals surface area contributed by atoms with Crippen LogP contribution in [0.3, 0.4) is 0 Å². The molecule has 0 aliphatic rings. The highest BCUT2D eigenvalue weighted by atomic mass is 32.2. The average Bonchev–Trinajstić information content (AvgIpc) is 2.85. The van der Waals surface area contributed by atoms with Crippen molar-refractivity contribution in [1.29, 1.82) is 5.26 Å². The van der Waals surface area contributed by atoms with E-state index >= 15 is 0 Å². The number of hydrogen-bond donors (Lipinski definition) is 0. The van der Waals surface area contributed by atoms with Gasteiger partial charge in [-0.05, 0) is 12.1 Å². The quantitative estimate of drug-likeness (QED) is 0.780. The highest BCUT2D eigenvalue weighted by Crippen LogP contribution is 2.18. The van der Waals surface area contributed by atoms with E-state index in [0.29, 0.717) is 18.7 Å². The first kappa shape index (κ1) is 13.4. The van der Waals surface area contributed by atoms with E-state index in [0.717, 1.165) is 10.7 Å². The van der Waals surface area contributed by atoms with Crippen LogP contribution in [0.15, 0.2) is 35.7 Å². The van der Waals surface area contributed by atoms with Gasteiger partial charge in [-0.3, -0.25) is 9.20 Å². The minimum Gasteiger partial charge on any atom is -0.344 e.